The van der Waals surface area contributed by atoms with Crippen molar-refractivity contribution in [1.29, 1.82) is 0 Å². The Morgan fingerprint density at radius 1 is 1.11 bits per heavy atom. The normalized spacial score (nSPS) is 15.9. The number of hydrogen-bond donors (Lipinski definition) is 0. The summed E-state index contributed by atoms with van der Waals surface area (Å²) < 4.78 is 16.0. The van der Waals surface area contributed by atoms with Crippen molar-refractivity contribution in [1.82, 2.24) is 4.90 Å². The van der Waals surface area contributed by atoms with Gasteiger partial charge in [0.1, 0.15) is 5.75 Å². The monoisotopic (exact) mass is 379 g/mol. The SMILES string of the molecule is COc1ccc(/C=C/C(=O)N(Cc2ccc3c(c2)OCO3)C2CCCC2)cc1. The molecule has 5 nitrogen and oxygen atoms in total. The summed E-state index contributed by atoms with van der Waals surface area (Å²) in [6.45, 7) is 0.835. The zero-order chi connectivity index (χ0) is 19.3. The predicted molar refractivity (Wildman–Crippen MR) is 107 cm³/mol. The van der Waals surface area contributed by atoms with Gasteiger partial charge in [-0.15, -0.1) is 0 Å². The van der Waals surface area contributed by atoms with E-state index in [1.54, 1.807) is 13.2 Å². The number of benzene rings is 2. The van der Waals surface area contributed by atoms with Crippen molar-refractivity contribution in [3.05, 3.63) is 59.7 Å². The van der Waals surface area contributed by atoms with E-state index in [2.05, 4.69) is 0 Å². The van der Waals surface area contributed by atoms with E-state index in [1.165, 1.54) is 12.8 Å². The molecule has 0 saturated heterocycles. The van der Waals surface area contributed by atoms with Gasteiger partial charge in [-0.3, -0.25) is 4.79 Å². The molecule has 146 valence electrons. The summed E-state index contributed by atoms with van der Waals surface area (Å²) in [7, 11) is 1.64. The topological polar surface area (TPSA) is 48.0 Å². The van der Waals surface area contributed by atoms with E-state index in [-0.39, 0.29) is 12.7 Å². The summed E-state index contributed by atoms with van der Waals surface area (Å²) in [5.74, 6) is 2.37. The van der Waals surface area contributed by atoms with Crippen LogP contribution in [0.4, 0.5) is 0 Å². The lowest BCUT2D eigenvalue weighted by Gasteiger charge is -2.28. The van der Waals surface area contributed by atoms with E-state index in [4.69, 9.17) is 14.2 Å². The maximum absolute atomic E-state index is 13.0. The molecule has 0 radical (unpaired) electrons. The summed E-state index contributed by atoms with van der Waals surface area (Å²) >= 11 is 0. The molecule has 2 aromatic rings. The van der Waals surface area contributed by atoms with E-state index >= 15 is 0 Å². The Kier molecular flexibility index (Phi) is 5.51. The van der Waals surface area contributed by atoms with Crippen LogP contribution in [0, 0.1) is 0 Å². The standard InChI is InChI=1S/C23H25NO4/c1-26-20-10-6-17(7-11-20)9-13-23(25)24(19-4-2-3-5-19)15-18-8-12-21-22(14-18)28-16-27-21/h6-14,19H,2-5,15-16H2,1H3/b13-9+. The molecule has 0 aromatic heterocycles. The fourth-order valence-corrected chi connectivity index (χ4v) is 3.82. The van der Waals surface area contributed by atoms with E-state index < -0.39 is 0 Å². The van der Waals surface area contributed by atoms with Crippen LogP contribution in [0.1, 0.15) is 36.8 Å². The molecule has 1 aliphatic carbocycles. The van der Waals surface area contributed by atoms with Crippen LogP contribution in [-0.2, 0) is 11.3 Å². The van der Waals surface area contributed by atoms with Gasteiger partial charge in [0.25, 0.3) is 0 Å². The average molecular weight is 379 g/mol. The number of carbonyl (C=O) groups excluding carboxylic acids is 1. The minimum Gasteiger partial charge on any atom is -0.497 e. The molecule has 1 fully saturated rings. The molecule has 1 amide bonds. The minimum absolute atomic E-state index is 0.0420. The minimum atomic E-state index is 0.0420. The molecule has 4 rings (SSSR count). The van der Waals surface area contributed by atoms with Crippen LogP contribution in [0.25, 0.3) is 6.08 Å². The lowest BCUT2D eigenvalue weighted by molar-refractivity contribution is -0.128. The highest BCUT2D eigenvalue weighted by Crippen LogP contribution is 2.33. The van der Waals surface area contributed by atoms with Gasteiger partial charge in [0, 0.05) is 18.7 Å². The van der Waals surface area contributed by atoms with E-state index in [0.717, 1.165) is 41.2 Å². The molecule has 1 aliphatic heterocycles. The highest BCUT2D eigenvalue weighted by molar-refractivity contribution is 5.92. The van der Waals surface area contributed by atoms with Gasteiger partial charge < -0.3 is 19.1 Å². The second-order valence-corrected chi connectivity index (χ2v) is 7.20. The van der Waals surface area contributed by atoms with Crippen LogP contribution in [0.2, 0.25) is 0 Å². The van der Waals surface area contributed by atoms with Gasteiger partial charge in [-0.2, -0.15) is 0 Å². The predicted octanol–water partition coefficient (Wildman–Crippen LogP) is 4.41. The van der Waals surface area contributed by atoms with E-state index in [9.17, 15) is 4.79 Å². The lowest BCUT2D eigenvalue weighted by atomic mass is 10.1. The second kappa shape index (κ2) is 8.38. The van der Waals surface area contributed by atoms with Crippen LogP contribution in [-0.4, -0.2) is 30.8 Å². The van der Waals surface area contributed by atoms with Crippen molar-refractivity contribution in [2.75, 3.05) is 13.9 Å². The smallest absolute Gasteiger partial charge is 0.247 e. The van der Waals surface area contributed by atoms with Crippen LogP contribution < -0.4 is 14.2 Å². The molecule has 2 aliphatic rings. The van der Waals surface area contributed by atoms with Crippen LogP contribution in [0.15, 0.2) is 48.5 Å². The number of methoxy groups -OCH3 is 1. The first-order valence-electron chi connectivity index (χ1n) is 9.74. The van der Waals surface area contributed by atoms with E-state index in [1.807, 2.05) is 53.4 Å². The number of ether oxygens (including phenoxy) is 3. The first kappa shape index (κ1) is 18.4. The van der Waals surface area contributed by atoms with Gasteiger partial charge in [0.05, 0.1) is 7.11 Å². The van der Waals surface area contributed by atoms with Crippen molar-refractivity contribution in [2.45, 2.75) is 38.3 Å². The first-order chi connectivity index (χ1) is 13.7. The Bertz CT molecular complexity index is 853. The van der Waals surface area contributed by atoms with Gasteiger partial charge >= 0.3 is 0 Å². The third kappa shape index (κ3) is 4.14. The number of fused-ring (bicyclic) bond motifs is 1. The molecule has 1 saturated carbocycles. The molecular weight excluding hydrogens is 354 g/mol. The fourth-order valence-electron chi connectivity index (χ4n) is 3.82. The maximum Gasteiger partial charge on any atom is 0.247 e. The van der Waals surface area contributed by atoms with Crippen LogP contribution >= 0.6 is 0 Å². The summed E-state index contributed by atoms with van der Waals surface area (Å²) in [6, 6.07) is 13.9. The zero-order valence-corrected chi connectivity index (χ0v) is 16.1. The van der Waals surface area contributed by atoms with Crippen LogP contribution in [0.5, 0.6) is 17.2 Å². The number of hydrogen-bond acceptors (Lipinski definition) is 4. The number of amides is 1. The molecule has 0 atom stereocenters. The van der Waals surface area contributed by atoms with Gasteiger partial charge in [0.15, 0.2) is 11.5 Å². The van der Waals surface area contributed by atoms with Gasteiger partial charge in [-0.25, -0.2) is 0 Å². The van der Waals surface area contributed by atoms with Gasteiger partial charge in [-0.1, -0.05) is 31.0 Å². The maximum atomic E-state index is 13.0. The molecule has 28 heavy (non-hydrogen) atoms. The quantitative estimate of drug-likeness (QED) is 0.698. The van der Waals surface area contributed by atoms with Crippen molar-refractivity contribution in [2.24, 2.45) is 0 Å². The van der Waals surface area contributed by atoms with Gasteiger partial charge in [-0.05, 0) is 54.3 Å². The Morgan fingerprint density at radius 2 is 1.86 bits per heavy atom. The third-order valence-corrected chi connectivity index (χ3v) is 5.37. The highest BCUT2D eigenvalue weighted by Gasteiger charge is 2.26. The number of nitrogens with zero attached hydrogens (tertiary/aromatic N) is 1. The molecule has 5 heteroatoms. The first-order valence-corrected chi connectivity index (χ1v) is 9.74. The Balaban J connectivity index is 1.50. The van der Waals surface area contributed by atoms with E-state index in [0.29, 0.717) is 12.6 Å². The molecule has 2 aromatic carbocycles. The van der Waals surface area contributed by atoms with Gasteiger partial charge in [0.2, 0.25) is 12.7 Å². The summed E-state index contributed by atoms with van der Waals surface area (Å²) in [5, 5.41) is 0. The molecular formula is C23H25NO4. The lowest BCUT2D eigenvalue weighted by Crippen LogP contribution is -2.37. The third-order valence-electron chi connectivity index (χ3n) is 5.37. The van der Waals surface area contributed by atoms with Crippen molar-refractivity contribution in [3.63, 3.8) is 0 Å². The largest absolute Gasteiger partial charge is 0.497 e. The molecule has 0 N–H and O–H groups in total. The summed E-state index contributed by atoms with van der Waals surface area (Å²) in [6.07, 6.45) is 8.02. The van der Waals surface area contributed by atoms with Crippen molar-refractivity contribution >= 4 is 12.0 Å². The number of carbonyl (C=O) groups is 1. The Morgan fingerprint density at radius 3 is 2.61 bits per heavy atom. The Labute approximate surface area is 165 Å². The molecule has 0 spiro atoms. The zero-order valence-electron chi connectivity index (χ0n) is 16.1. The molecule has 1 heterocycles. The molecule has 0 unspecified atom stereocenters. The molecule has 0 bridgehead atoms. The van der Waals surface area contributed by atoms with Crippen molar-refractivity contribution in [3.8, 4) is 17.2 Å². The van der Waals surface area contributed by atoms with Crippen LogP contribution in [0.3, 0.4) is 0 Å². The second-order valence-electron chi connectivity index (χ2n) is 7.20. The average Bonchev–Trinajstić information content (AvgIpc) is 3.42. The fraction of sp³-hybridized carbons (Fsp3) is 0.348. The summed E-state index contributed by atoms with van der Waals surface area (Å²) in [5.41, 5.74) is 2.03. The summed E-state index contributed by atoms with van der Waals surface area (Å²) in [4.78, 5) is 15.0. The highest BCUT2D eigenvalue weighted by atomic mass is 16.7. The Hall–Kier alpha value is -2.95. The number of rotatable bonds is 6. The van der Waals surface area contributed by atoms with Crippen molar-refractivity contribution < 1.29 is 19.0 Å².